The fraction of sp³-hybridized carbons (Fsp3) is 0.0833. The van der Waals surface area contributed by atoms with Crippen molar-refractivity contribution < 1.29 is 9.53 Å². The van der Waals surface area contributed by atoms with Crippen LogP contribution < -0.4 is 10.1 Å². The lowest BCUT2D eigenvalue weighted by atomic mass is 10.1. The number of nitrogens with zero attached hydrogens (tertiary/aromatic N) is 2. The molecule has 0 saturated carbocycles. The Morgan fingerprint density at radius 2 is 1.67 bits per heavy atom. The van der Waals surface area contributed by atoms with E-state index in [0.29, 0.717) is 44.6 Å². The lowest BCUT2D eigenvalue weighted by Gasteiger charge is -2.09. The predicted molar refractivity (Wildman–Crippen MR) is 133 cm³/mol. The van der Waals surface area contributed by atoms with E-state index in [1.54, 1.807) is 53.3 Å². The smallest absolute Gasteiger partial charge is 0.256 e. The first-order valence-electron chi connectivity index (χ1n) is 9.83. The monoisotopic (exact) mass is 519 g/mol. The fourth-order valence-electron chi connectivity index (χ4n) is 3.05. The molecule has 9 heteroatoms. The summed E-state index contributed by atoms with van der Waals surface area (Å²) in [6, 6.07) is 19.5. The maximum atomic E-state index is 12.7. The topological polar surface area (TPSA) is 56.2 Å². The zero-order valence-corrected chi connectivity index (χ0v) is 20.1. The van der Waals surface area contributed by atoms with Crippen LogP contribution in [0.15, 0.2) is 72.9 Å². The minimum absolute atomic E-state index is 0.276. The van der Waals surface area contributed by atoms with Gasteiger partial charge in [-0.2, -0.15) is 5.10 Å². The molecule has 4 rings (SSSR count). The number of amides is 1. The van der Waals surface area contributed by atoms with Gasteiger partial charge >= 0.3 is 0 Å². The van der Waals surface area contributed by atoms with Crippen molar-refractivity contribution in [1.29, 1.82) is 0 Å². The summed E-state index contributed by atoms with van der Waals surface area (Å²) in [6.07, 6.45) is 1.64. The van der Waals surface area contributed by atoms with Gasteiger partial charge in [-0.1, -0.05) is 76.7 Å². The van der Waals surface area contributed by atoms with Crippen LogP contribution >= 0.6 is 46.4 Å². The normalized spacial score (nSPS) is 10.8. The molecule has 0 atom stereocenters. The van der Waals surface area contributed by atoms with Crippen LogP contribution in [0.4, 0.5) is 5.82 Å². The Morgan fingerprint density at radius 1 is 0.909 bits per heavy atom. The molecule has 0 unspecified atom stereocenters. The maximum Gasteiger partial charge on any atom is 0.256 e. The summed E-state index contributed by atoms with van der Waals surface area (Å²) in [4.78, 5) is 12.7. The third-order valence-electron chi connectivity index (χ3n) is 4.74. The summed E-state index contributed by atoms with van der Waals surface area (Å²) in [6.45, 7) is 0.725. The second-order valence-corrected chi connectivity index (χ2v) is 8.79. The average molecular weight is 521 g/mol. The third-order valence-corrected chi connectivity index (χ3v) is 5.92. The number of nitrogens with one attached hydrogen (secondary N) is 1. The molecule has 5 nitrogen and oxygen atoms in total. The number of hydrogen-bond donors (Lipinski definition) is 1. The van der Waals surface area contributed by atoms with E-state index in [0.717, 1.165) is 11.1 Å². The summed E-state index contributed by atoms with van der Waals surface area (Å²) in [5, 5.41) is 9.04. The van der Waals surface area contributed by atoms with Gasteiger partial charge in [0, 0.05) is 21.8 Å². The van der Waals surface area contributed by atoms with Crippen LogP contribution in [0, 0.1) is 0 Å². The Labute approximate surface area is 210 Å². The van der Waals surface area contributed by atoms with Gasteiger partial charge in [-0.15, -0.1) is 0 Å². The molecule has 3 aromatic carbocycles. The number of benzene rings is 3. The van der Waals surface area contributed by atoms with Crippen LogP contribution in [0.25, 0.3) is 0 Å². The third kappa shape index (κ3) is 6.01. The highest BCUT2D eigenvalue weighted by molar-refractivity contribution is 6.35. The molecule has 1 amide bonds. The molecule has 0 spiro atoms. The average Bonchev–Trinajstić information content (AvgIpc) is 3.13. The number of carbonyl (C=O) groups is 1. The van der Waals surface area contributed by atoms with E-state index in [1.165, 1.54) is 0 Å². The number of hydrogen-bond acceptors (Lipinski definition) is 3. The van der Waals surface area contributed by atoms with Crippen molar-refractivity contribution in [3.63, 3.8) is 0 Å². The van der Waals surface area contributed by atoms with E-state index in [-0.39, 0.29) is 11.7 Å². The number of halogens is 4. The van der Waals surface area contributed by atoms with Crippen LogP contribution in [0.5, 0.6) is 5.75 Å². The van der Waals surface area contributed by atoms with Crippen LogP contribution in [0.2, 0.25) is 20.1 Å². The first-order chi connectivity index (χ1) is 15.9. The molecule has 0 bridgehead atoms. The van der Waals surface area contributed by atoms with E-state index in [1.807, 2.05) is 24.3 Å². The van der Waals surface area contributed by atoms with E-state index in [2.05, 4.69) is 10.4 Å². The van der Waals surface area contributed by atoms with Gasteiger partial charge in [0.25, 0.3) is 5.91 Å². The quantitative estimate of drug-likeness (QED) is 0.276. The molecule has 0 fully saturated rings. The number of rotatable bonds is 7. The summed E-state index contributed by atoms with van der Waals surface area (Å²) >= 11 is 24.5. The van der Waals surface area contributed by atoms with Crippen LogP contribution in [0.3, 0.4) is 0 Å². The molecule has 33 heavy (non-hydrogen) atoms. The molecule has 0 saturated heterocycles. The van der Waals surface area contributed by atoms with Crippen molar-refractivity contribution in [3.8, 4) is 5.75 Å². The second-order valence-electron chi connectivity index (χ2n) is 7.13. The van der Waals surface area contributed by atoms with Crippen molar-refractivity contribution in [2.24, 2.45) is 0 Å². The Morgan fingerprint density at radius 3 is 2.39 bits per heavy atom. The Bertz CT molecular complexity index is 1290. The summed E-state index contributed by atoms with van der Waals surface area (Å²) in [7, 11) is 0. The maximum absolute atomic E-state index is 12.7. The first-order valence-corrected chi connectivity index (χ1v) is 11.3. The van der Waals surface area contributed by atoms with Gasteiger partial charge in [-0.25, -0.2) is 0 Å². The highest BCUT2D eigenvalue weighted by Gasteiger charge is 2.13. The van der Waals surface area contributed by atoms with Crippen LogP contribution in [-0.4, -0.2) is 15.7 Å². The Balaban J connectivity index is 1.37. The zero-order valence-electron chi connectivity index (χ0n) is 17.1. The van der Waals surface area contributed by atoms with Crippen molar-refractivity contribution in [2.75, 3.05) is 5.32 Å². The van der Waals surface area contributed by atoms with Gasteiger partial charge in [-0.3, -0.25) is 9.48 Å². The molecule has 1 heterocycles. The molecular formula is C24H17Cl4N3O2. The molecule has 0 aliphatic rings. The molecule has 1 N–H and O–H groups in total. The van der Waals surface area contributed by atoms with Crippen LogP contribution in [-0.2, 0) is 13.2 Å². The van der Waals surface area contributed by atoms with E-state index >= 15 is 0 Å². The lowest BCUT2D eigenvalue weighted by Crippen LogP contribution is -2.13. The highest BCUT2D eigenvalue weighted by atomic mass is 35.5. The van der Waals surface area contributed by atoms with E-state index < -0.39 is 0 Å². The largest absolute Gasteiger partial charge is 0.487 e. The molecule has 1 aromatic heterocycles. The lowest BCUT2D eigenvalue weighted by molar-refractivity contribution is 0.102. The van der Waals surface area contributed by atoms with Crippen molar-refractivity contribution in [2.45, 2.75) is 13.2 Å². The SMILES string of the molecule is O=C(Nc1nn(Cc2ccccc2Cl)cc1Cl)c1ccc(COc2ccc(Cl)cc2Cl)cc1. The van der Waals surface area contributed by atoms with Gasteiger partial charge in [0.1, 0.15) is 17.4 Å². The molecular weight excluding hydrogens is 504 g/mol. The molecule has 0 aliphatic heterocycles. The number of aromatic nitrogens is 2. The number of anilines is 1. The van der Waals surface area contributed by atoms with Gasteiger partial charge in [0.2, 0.25) is 0 Å². The summed E-state index contributed by atoms with van der Waals surface area (Å²) in [5.41, 5.74) is 2.23. The Kier molecular flexibility index (Phi) is 7.46. The molecule has 0 aliphatic carbocycles. The number of ether oxygens (including phenoxy) is 1. The van der Waals surface area contributed by atoms with Gasteiger partial charge < -0.3 is 10.1 Å². The predicted octanol–water partition coefficient (Wildman–Crippen LogP) is 7.38. The Hall–Kier alpha value is -2.70. The highest BCUT2D eigenvalue weighted by Crippen LogP contribution is 2.28. The van der Waals surface area contributed by atoms with Crippen molar-refractivity contribution in [1.82, 2.24) is 9.78 Å². The van der Waals surface area contributed by atoms with Crippen molar-refractivity contribution in [3.05, 3.63) is 110 Å². The molecule has 4 aromatic rings. The van der Waals surface area contributed by atoms with Gasteiger partial charge in [-0.05, 0) is 47.5 Å². The fourth-order valence-corrected chi connectivity index (χ4v) is 3.91. The van der Waals surface area contributed by atoms with Gasteiger partial charge in [0.05, 0.1) is 11.6 Å². The molecule has 168 valence electrons. The molecule has 0 radical (unpaired) electrons. The minimum Gasteiger partial charge on any atom is -0.487 e. The van der Waals surface area contributed by atoms with Gasteiger partial charge in [0.15, 0.2) is 5.82 Å². The second kappa shape index (κ2) is 10.5. The van der Waals surface area contributed by atoms with Crippen molar-refractivity contribution >= 4 is 58.1 Å². The van der Waals surface area contributed by atoms with E-state index in [9.17, 15) is 4.79 Å². The first kappa shape index (κ1) is 23.5. The minimum atomic E-state index is -0.326. The summed E-state index contributed by atoms with van der Waals surface area (Å²) in [5.74, 6) is 0.483. The number of carbonyl (C=O) groups excluding carboxylic acids is 1. The van der Waals surface area contributed by atoms with E-state index in [4.69, 9.17) is 51.1 Å². The standard InChI is InChI=1S/C24H17Cl4N3O2/c25-18-9-10-22(20(27)11-18)33-14-15-5-7-16(8-6-15)24(32)29-23-21(28)13-31(30-23)12-17-3-1-2-4-19(17)26/h1-11,13H,12,14H2,(H,29,30,32). The van der Waals surface area contributed by atoms with Crippen LogP contribution in [0.1, 0.15) is 21.5 Å². The zero-order chi connectivity index (χ0) is 23.4. The summed E-state index contributed by atoms with van der Waals surface area (Å²) < 4.78 is 7.35.